The predicted molar refractivity (Wildman–Crippen MR) is 100 cm³/mol. The Morgan fingerprint density at radius 1 is 1.33 bits per heavy atom. The Bertz CT molecular complexity index is 888. The Morgan fingerprint density at radius 3 is 2.86 bits per heavy atom. The van der Waals surface area contributed by atoms with E-state index in [9.17, 15) is 9.59 Å². The van der Waals surface area contributed by atoms with Gasteiger partial charge in [0.25, 0.3) is 5.56 Å². The van der Waals surface area contributed by atoms with Gasteiger partial charge in [0.05, 0.1) is 28.7 Å². The molecule has 0 unspecified atom stereocenters. The number of aromatic nitrogens is 2. The average Bonchev–Trinajstić information content (AvgIpc) is 2.96. The molecule has 2 heterocycles. The highest BCUT2D eigenvalue weighted by Gasteiger charge is 2.12. The number of halogens is 2. The molecule has 3 rings (SSSR count). The monoisotopic (exact) mass is 522 g/mol. The van der Waals surface area contributed by atoms with Gasteiger partial charge in [-0.25, -0.2) is 4.98 Å². The van der Waals surface area contributed by atoms with E-state index in [1.807, 2.05) is 17.5 Å². The zero-order valence-corrected chi connectivity index (χ0v) is 15.7. The molecule has 0 aliphatic heterocycles. The van der Waals surface area contributed by atoms with E-state index in [0.29, 0.717) is 15.8 Å². The zero-order valence-electron chi connectivity index (χ0n) is 10.5. The summed E-state index contributed by atoms with van der Waals surface area (Å²) in [5.41, 5.74) is 0.502. The van der Waals surface area contributed by atoms with Gasteiger partial charge in [-0.05, 0) is 68.8 Å². The second-order valence-electron chi connectivity index (χ2n) is 4.36. The molecule has 0 atom stereocenters. The lowest BCUT2D eigenvalue weighted by Gasteiger charge is -2.06. The largest absolute Gasteiger partial charge is 0.291 e. The number of fused-ring (bicyclic) bond motifs is 1. The van der Waals surface area contributed by atoms with Crippen molar-refractivity contribution in [1.82, 2.24) is 9.55 Å². The highest BCUT2D eigenvalue weighted by Crippen LogP contribution is 2.19. The maximum absolute atomic E-state index is 12.5. The van der Waals surface area contributed by atoms with Gasteiger partial charge >= 0.3 is 0 Å². The van der Waals surface area contributed by atoms with E-state index < -0.39 is 0 Å². The molecule has 7 heteroatoms. The van der Waals surface area contributed by atoms with Crippen molar-refractivity contribution >= 4 is 73.2 Å². The van der Waals surface area contributed by atoms with Crippen LogP contribution in [0.15, 0.2) is 40.8 Å². The number of Topliss-reactive ketones (excluding diaryl/α,β-unsaturated/α-hetero) is 1. The first kappa shape index (κ1) is 15.1. The molecule has 3 aromatic rings. The molecule has 0 spiro atoms. The number of thiophene rings is 1. The molecule has 0 bridgehead atoms. The number of carbonyl (C=O) groups is 1. The van der Waals surface area contributed by atoms with Crippen LogP contribution in [-0.4, -0.2) is 15.3 Å². The SMILES string of the molecule is O=C(Cn1cnc2c(I)cc(I)cc2c1=O)c1cccs1. The van der Waals surface area contributed by atoms with Crippen LogP contribution in [0, 0.1) is 7.14 Å². The molecular weight excluding hydrogens is 514 g/mol. The van der Waals surface area contributed by atoms with Crippen molar-refractivity contribution in [2.75, 3.05) is 0 Å². The van der Waals surface area contributed by atoms with Crippen LogP contribution in [0.25, 0.3) is 10.9 Å². The van der Waals surface area contributed by atoms with Crippen molar-refractivity contribution in [3.05, 3.63) is 58.3 Å². The fourth-order valence-corrected chi connectivity index (χ4v) is 4.62. The summed E-state index contributed by atoms with van der Waals surface area (Å²) >= 11 is 5.71. The molecule has 1 aromatic carbocycles. The Hall–Kier alpha value is -0.810. The van der Waals surface area contributed by atoms with Gasteiger partial charge in [0, 0.05) is 7.14 Å². The van der Waals surface area contributed by atoms with Gasteiger partial charge in [0.1, 0.15) is 0 Å². The summed E-state index contributed by atoms with van der Waals surface area (Å²) in [5, 5.41) is 2.40. The third kappa shape index (κ3) is 3.04. The summed E-state index contributed by atoms with van der Waals surface area (Å²) in [6, 6.07) is 7.36. The van der Waals surface area contributed by atoms with E-state index in [1.54, 1.807) is 12.1 Å². The van der Waals surface area contributed by atoms with Crippen LogP contribution >= 0.6 is 56.5 Å². The van der Waals surface area contributed by atoms with Crippen LogP contribution in [0.5, 0.6) is 0 Å². The van der Waals surface area contributed by atoms with Crippen molar-refractivity contribution in [2.45, 2.75) is 6.54 Å². The van der Waals surface area contributed by atoms with E-state index in [1.165, 1.54) is 22.2 Å². The molecule has 0 radical (unpaired) electrons. The van der Waals surface area contributed by atoms with Crippen molar-refractivity contribution in [3.8, 4) is 0 Å². The lowest BCUT2D eigenvalue weighted by molar-refractivity contribution is 0.0974. The fourth-order valence-electron chi connectivity index (χ4n) is 1.98. The molecule has 0 N–H and O–H groups in total. The first-order chi connectivity index (χ1) is 10.1. The zero-order chi connectivity index (χ0) is 15.0. The summed E-state index contributed by atoms with van der Waals surface area (Å²) in [6.45, 7) is 0.0182. The molecule has 0 saturated heterocycles. The van der Waals surface area contributed by atoms with Gasteiger partial charge in [0.2, 0.25) is 0 Å². The molecule has 0 fully saturated rings. The molecule has 4 nitrogen and oxygen atoms in total. The second-order valence-corrected chi connectivity index (χ2v) is 7.72. The standard InChI is InChI=1S/C14H8I2N2O2S/c15-8-4-9-13(10(16)5-8)17-7-18(14(9)20)6-11(19)12-2-1-3-21-12/h1-5,7H,6H2. The van der Waals surface area contributed by atoms with E-state index in [-0.39, 0.29) is 17.9 Å². The number of benzene rings is 1. The lowest BCUT2D eigenvalue weighted by atomic mass is 10.2. The van der Waals surface area contributed by atoms with Gasteiger partial charge < -0.3 is 0 Å². The first-order valence-electron chi connectivity index (χ1n) is 5.97. The third-order valence-electron chi connectivity index (χ3n) is 2.96. The summed E-state index contributed by atoms with van der Waals surface area (Å²) in [4.78, 5) is 29.6. The number of hydrogen-bond acceptors (Lipinski definition) is 4. The van der Waals surface area contributed by atoms with E-state index in [2.05, 4.69) is 50.2 Å². The number of hydrogen-bond donors (Lipinski definition) is 0. The maximum atomic E-state index is 12.5. The molecular formula is C14H8I2N2O2S. The van der Waals surface area contributed by atoms with Crippen molar-refractivity contribution in [2.24, 2.45) is 0 Å². The third-order valence-corrected chi connectivity index (χ3v) is 5.31. The molecule has 0 aliphatic rings. The van der Waals surface area contributed by atoms with Crippen molar-refractivity contribution in [1.29, 1.82) is 0 Å². The van der Waals surface area contributed by atoms with Crippen molar-refractivity contribution < 1.29 is 4.79 Å². The summed E-state index contributed by atoms with van der Waals surface area (Å²) in [5.74, 6) is -0.0754. The van der Waals surface area contributed by atoms with Crippen LogP contribution < -0.4 is 5.56 Å². The number of nitrogens with zero attached hydrogens (tertiary/aromatic N) is 2. The Labute approximate surface area is 151 Å². The van der Waals surface area contributed by atoms with Crippen LogP contribution in [-0.2, 0) is 6.54 Å². The smallest absolute Gasteiger partial charge is 0.261 e. The number of carbonyl (C=O) groups excluding carboxylic acids is 1. The normalized spacial score (nSPS) is 11.0. The Balaban J connectivity index is 2.07. The summed E-state index contributed by atoms with van der Waals surface area (Å²) in [6.07, 6.45) is 1.45. The van der Waals surface area contributed by atoms with E-state index in [0.717, 1.165) is 7.14 Å². The average molecular weight is 522 g/mol. The van der Waals surface area contributed by atoms with Gasteiger partial charge in [0.15, 0.2) is 5.78 Å². The molecule has 0 saturated carbocycles. The molecule has 2 aromatic heterocycles. The number of ketones is 1. The van der Waals surface area contributed by atoms with Crippen molar-refractivity contribution in [3.63, 3.8) is 0 Å². The van der Waals surface area contributed by atoms with Gasteiger partial charge in [-0.15, -0.1) is 11.3 Å². The first-order valence-corrected chi connectivity index (χ1v) is 9.01. The minimum absolute atomic E-state index is 0.0182. The van der Waals surface area contributed by atoms with Crippen LogP contribution in [0.2, 0.25) is 0 Å². The van der Waals surface area contributed by atoms with E-state index in [4.69, 9.17) is 0 Å². The molecule has 0 aliphatic carbocycles. The fraction of sp³-hybridized carbons (Fsp3) is 0.0714. The lowest BCUT2D eigenvalue weighted by Crippen LogP contribution is -2.24. The topological polar surface area (TPSA) is 52.0 Å². The Kier molecular flexibility index (Phi) is 4.41. The highest BCUT2D eigenvalue weighted by molar-refractivity contribution is 14.1. The van der Waals surface area contributed by atoms with Crippen LogP contribution in [0.4, 0.5) is 0 Å². The quantitative estimate of drug-likeness (QED) is 0.391. The molecule has 21 heavy (non-hydrogen) atoms. The summed E-state index contributed by atoms with van der Waals surface area (Å²) < 4.78 is 3.28. The molecule has 106 valence electrons. The predicted octanol–water partition coefficient (Wildman–Crippen LogP) is 3.55. The maximum Gasteiger partial charge on any atom is 0.261 e. The Morgan fingerprint density at radius 2 is 2.14 bits per heavy atom. The van der Waals surface area contributed by atoms with Gasteiger partial charge in [-0.2, -0.15) is 0 Å². The van der Waals surface area contributed by atoms with E-state index >= 15 is 0 Å². The van der Waals surface area contributed by atoms with Gasteiger partial charge in [-0.1, -0.05) is 6.07 Å². The van der Waals surface area contributed by atoms with Gasteiger partial charge in [-0.3, -0.25) is 14.2 Å². The number of rotatable bonds is 3. The highest BCUT2D eigenvalue weighted by atomic mass is 127. The minimum Gasteiger partial charge on any atom is -0.291 e. The van der Waals surface area contributed by atoms with Crippen LogP contribution in [0.1, 0.15) is 9.67 Å². The second kappa shape index (κ2) is 6.13. The van der Waals surface area contributed by atoms with Crippen LogP contribution in [0.3, 0.4) is 0 Å². The molecule has 0 amide bonds. The minimum atomic E-state index is -0.179. The summed E-state index contributed by atoms with van der Waals surface area (Å²) in [7, 11) is 0.